The van der Waals surface area contributed by atoms with Crippen molar-refractivity contribution in [2.45, 2.75) is 0 Å². The molecule has 0 bridgehead atoms. The molecule has 25 heavy (non-hydrogen) atoms. The molecule has 0 saturated heterocycles. The fourth-order valence-corrected chi connectivity index (χ4v) is 2.62. The smallest absolute Gasteiger partial charge is 0.278 e. The molecule has 8 nitrogen and oxygen atoms in total. The van der Waals surface area contributed by atoms with E-state index in [0.717, 1.165) is 0 Å². The molecule has 0 unspecified atom stereocenters. The lowest BCUT2D eigenvalue weighted by Gasteiger charge is -2.21. The van der Waals surface area contributed by atoms with Crippen LogP contribution < -0.4 is 10.6 Å². The van der Waals surface area contributed by atoms with Crippen LogP contribution >= 0.6 is 0 Å². The molecule has 1 amide bonds. The summed E-state index contributed by atoms with van der Waals surface area (Å²) in [5, 5.41) is 11.1. The van der Waals surface area contributed by atoms with Crippen molar-refractivity contribution in [1.29, 1.82) is 0 Å². The van der Waals surface area contributed by atoms with Gasteiger partial charge in [0.2, 0.25) is 0 Å². The Kier molecular flexibility index (Phi) is 4.20. The van der Waals surface area contributed by atoms with Gasteiger partial charge in [0.1, 0.15) is 5.71 Å². The SMILES string of the molecule is CN(C)CN1C(=O)C(=Nc2ccc(N)cc2)c2cc([N+](=O)[O-])ccc21. The molecule has 2 aromatic carbocycles. The summed E-state index contributed by atoms with van der Waals surface area (Å²) < 4.78 is 0. The number of nitrogens with two attached hydrogens (primary N) is 1. The number of nitro groups is 1. The van der Waals surface area contributed by atoms with Gasteiger partial charge < -0.3 is 5.73 Å². The summed E-state index contributed by atoms with van der Waals surface area (Å²) in [6.07, 6.45) is 0. The van der Waals surface area contributed by atoms with Crippen molar-refractivity contribution in [3.63, 3.8) is 0 Å². The Morgan fingerprint density at radius 3 is 2.48 bits per heavy atom. The van der Waals surface area contributed by atoms with Gasteiger partial charge in [-0.15, -0.1) is 0 Å². The van der Waals surface area contributed by atoms with Crippen LogP contribution in [0.2, 0.25) is 0 Å². The van der Waals surface area contributed by atoms with Crippen LogP contribution in [0, 0.1) is 10.1 Å². The van der Waals surface area contributed by atoms with Crippen LogP contribution in [0.25, 0.3) is 0 Å². The molecule has 2 aromatic rings. The summed E-state index contributed by atoms with van der Waals surface area (Å²) in [4.78, 5) is 31.2. The highest BCUT2D eigenvalue weighted by atomic mass is 16.6. The first-order valence-electron chi connectivity index (χ1n) is 7.56. The number of amides is 1. The van der Waals surface area contributed by atoms with Crippen molar-refractivity contribution < 1.29 is 9.72 Å². The fraction of sp³-hybridized carbons (Fsp3) is 0.176. The predicted octanol–water partition coefficient (Wildman–Crippen LogP) is 2.16. The molecule has 0 radical (unpaired) electrons. The Bertz CT molecular complexity index is 874. The van der Waals surface area contributed by atoms with Gasteiger partial charge in [-0.3, -0.25) is 24.7 Å². The van der Waals surface area contributed by atoms with Gasteiger partial charge in [-0.2, -0.15) is 0 Å². The maximum Gasteiger partial charge on any atom is 0.278 e. The molecule has 1 heterocycles. The zero-order chi connectivity index (χ0) is 18.1. The number of nitrogen functional groups attached to an aromatic ring is 1. The van der Waals surface area contributed by atoms with Crippen LogP contribution in [0.5, 0.6) is 0 Å². The standard InChI is InChI=1S/C17H17N5O3/c1-20(2)10-21-15-8-7-13(22(24)25)9-14(15)16(17(21)23)19-12-5-3-11(18)4-6-12/h3-9H,10,18H2,1-2H3. The molecule has 2 N–H and O–H groups in total. The van der Waals surface area contributed by atoms with Gasteiger partial charge in [0, 0.05) is 23.4 Å². The summed E-state index contributed by atoms with van der Waals surface area (Å²) in [6, 6.07) is 11.1. The van der Waals surface area contributed by atoms with Gasteiger partial charge in [-0.1, -0.05) is 0 Å². The van der Waals surface area contributed by atoms with Crippen molar-refractivity contribution >= 4 is 34.4 Å². The van der Waals surface area contributed by atoms with Gasteiger partial charge in [0.05, 0.1) is 23.0 Å². The number of fused-ring (bicyclic) bond motifs is 1. The Balaban J connectivity index is 2.12. The van der Waals surface area contributed by atoms with E-state index in [1.165, 1.54) is 12.1 Å². The van der Waals surface area contributed by atoms with Crippen LogP contribution in [-0.4, -0.2) is 42.2 Å². The fourth-order valence-electron chi connectivity index (χ4n) is 2.62. The number of carbonyl (C=O) groups excluding carboxylic acids is 1. The summed E-state index contributed by atoms with van der Waals surface area (Å²) in [5.74, 6) is -0.291. The third kappa shape index (κ3) is 3.20. The molecule has 3 rings (SSSR count). The van der Waals surface area contributed by atoms with Crippen LogP contribution in [-0.2, 0) is 4.79 Å². The molecule has 1 aliphatic rings. The number of rotatable bonds is 4. The highest BCUT2D eigenvalue weighted by Crippen LogP contribution is 2.33. The maximum absolute atomic E-state index is 12.8. The molecule has 0 atom stereocenters. The normalized spacial score (nSPS) is 15.1. The van der Waals surface area contributed by atoms with Crippen molar-refractivity contribution in [3.8, 4) is 0 Å². The Morgan fingerprint density at radius 1 is 1.20 bits per heavy atom. The zero-order valence-electron chi connectivity index (χ0n) is 13.8. The van der Waals surface area contributed by atoms with Crippen LogP contribution in [0.4, 0.5) is 22.7 Å². The van der Waals surface area contributed by atoms with Crippen molar-refractivity contribution in [2.24, 2.45) is 4.99 Å². The molecule has 128 valence electrons. The average molecular weight is 339 g/mol. The first-order valence-corrected chi connectivity index (χ1v) is 7.56. The second-order valence-corrected chi connectivity index (χ2v) is 5.96. The molecule has 0 aromatic heterocycles. The lowest BCUT2D eigenvalue weighted by molar-refractivity contribution is -0.384. The minimum atomic E-state index is -0.486. The molecular weight excluding hydrogens is 322 g/mol. The van der Waals surface area contributed by atoms with Crippen LogP contribution in [0.1, 0.15) is 5.56 Å². The number of hydrogen-bond acceptors (Lipinski definition) is 6. The van der Waals surface area contributed by atoms with E-state index in [0.29, 0.717) is 29.3 Å². The first kappa shape index (κ1) is 16.6. The summed E-state index contributed by atoms with van der Waals surface area (Å²) >= 11 is 0. The van der Waals surface area contributed by atoms with E-state index in [1.54, 1.807) is 35.2 Å². The maximum atomic E-state index is 12.8. The van der Waals surface area contributed by atoms with E-state index >= 15 is 0 Å². The average Bonchev–Trinajstić information content (AvgIpc) is 2.81. The molecule has 0 fully saturated rings. The molecule has 0 spiro atoms. The topological polar surface area (TPSA) is 105 Å². The highest BCUT2D eigenvalue weighted by Gasteiger charge is 2.35. The third-order valence-corrected chi connectivity index (χ3v) is 3.74. The van der Waals surface area contributed by atoms with Crippen molar-refractivity contribution in [1.82, 2.24) is 4.90 Å². The molecule has 0 aliphatic carbocycles. The third-order valence-electron chi connectivity index (χ3n) is 3.74. The van der Waals surface area contributed by atoms with Crippen LogP contribution in [0.3, 0.4) is 0 Å². The number of nitro benzene ring substituents is 1. The van der Waals surface area contributed by atoms with Crippen LogP contribution in [0.15, 0.2) is 47.5 Å². The summed E-state index contributed by atoms with van der Waals surface area (Å²) in [6.45, 7) is 0.352. The largest absolute Gasteiger partial charge is 0.399 e. The number of benzene rings is 2. The monoisotopic (exact) mass is 339 g/mol. The molecule has 8 heteroatoms. The number of carbonyl (C=O) groups is 1. The second kappa shape index (κ2) is 6.33. The summed E-state index contributed by atoms with van der Waals surface area (Å²) in [7, 11) is 3.68. The lowest BCUT2D eigenvalue weighted by Crippen LogP contribution is -2.37. The van der Waals surface area contributed by atoms with Crippen molar-refractivity contribution in [2.75, 3.05) is 31.4 Å². The zero-order valence-corrected chi connectivity index (χ0v) is 13.8. The van der Waals surface area contributed by atoms with E-state index in [2.05, 4.69) is 4.99 Å². The minimum absolute atomic E-state index is 0.0803. The Morgan fingerprint density at radius 2 is 1.88 bits per heavy atom. The van der Waals surface area contributed by atoms with Gasteiger partial charge in [-0.05, 0) is 44.4 Å². The number of anilines is 2. The molecule has 0 saturated carbocycles. The van der Waals surface area contributed by atoms with E-state index in [9.17, 15) is 14.9 Å². The molecular formula is C17H17N5O3. The van der Waals surface area contributed by atoms with Gasteiger partial charge in [-0.25, -0.2) is 4.99 Å². The van der Waals surface area contributed by atoms with E-state index in [4.69, 9.17) is 5.73 Å². The van der Waals surface area contributed by atoms with Crippen molar-refractivity contribution in [3.05, 3.63) is 58.1 Å². The summed E-state index contributed by atoms with van der Waals surface area (Å²) in [5.41, 5.74) is 7.98. The lowest BCUT2D eigenvalue weighted by atomic mass is 10.1. The quantitative estimate of drug-likeness (QED) is 0.522. The number of aliphatic imine (C=N–C) groups is 1. The Hall–Kier alpha value is -3.26. The van der Waals surface area contributed by atoms with Gasteiger partial charge in [0.15, 0.2) is 0 Å². The predicted molar refractivity (Wildman–Crippen MR) is 96.2 cm³/mol. The van der Waals surface area contributed by atoms with E-state index < -0.39 is 4.92 Å². The van der Waals surface area contributed by atoms with E-state index in [-0.39, 0.29) is 17.3 Å². The number of nitrogens with zero attached hydrogens (tertiary/aromatic N) is 4. The number of hydrogen-bond donors (Lipinski definition) is 1. The van der Waals surface area contributed by atoms with Gasteiger partial charge >= 0.3 is 0 Å². The highest BCUT2D eigenvalue weighted by molar-refractivity contribution is 6.54. The van der Waals surface area contributed by atoms with E-state index in [1.807, 2.05) is 19.0 Å². The first-order chi connectivity index (χ1) is 11.9. The Labute approximate surface area is 144 Å². The second-order valence-electron chi connectivity index (χ2n) is 5.96. The van der Waals surface area contributed by atoms with Gasteiger partial charge in [0.25, 0.3) is 11.6 Å². The minimum Gasteiger partial charge on any atom is -0.399 e. The molecule has 1 aliphatic heterocycles. The number of non-ortho nitro benzene ring substituents is 1.